The van der Waals surface area contributed by atoms with Crippen LogP contribution in [0.2, 0.25) is 0 Å². The monoisotopic (exact) mass is 319 g/mol. The summed E-state index contributed by atoms with van der Waals surface area (Å²) in [6.45, 7) is 0.626. The number of rotatable bonds is 3. The molecular formula is C15H11BrFNO. The average Bonchev–Trinajstić information content (AvgIpc) is 2.81. The van der Waals surface area contributed by atoms with Gasteiger partial charge in [-0.1, -0.05) is 18.2 Å². The van der Waals surface area contributed by atoms with Crippen molar-refractivity contribution in [2.45, 2.75) is 6.54 Å². The second-order valence-corrected chi connectivity index (χ2v) is 5.09. The lowest BCUT2D eigenvalue weighted by molar-refractivity contribution is 0.611. The molecule has 0 saturated heterocycles. The van der Waals surface area contributed by atoms with Gasteiger partial charge in [-0.05, 0) is 40.2 Å². The molecule has 2 aromatic carbocycles. The summed E-state index contributed by atoms with van der Waals surface area (Å²) in [5.74, 6) is -0.258. The summed E-state index contributed by atoms with van der Waals surface area (Å²) in [6, 6.07) is 12.5. The first kappa shape index (κ1) is 12.2. The molecule has 0 bridgehead atoms. The highest BCUT2D eigenvalue weighted by molar-refractivity contribution is 9.10. The van der Waals surface area contributed by atoms with E-state index in [0.29, 0.717) is 11.0 Å². The van der Waals surface area contributed by atoms with E-state index < -0.39 is 0 Å². The Morgan fingerprint density at radius 1 is 1.16 bits per heavy atom. The van der Waals surface area contributed by atoms with Crippen LogP contribution in [0.25, 0.3) is 11.0 Å². The van der Waals surface area contributed by atoms with Crippen LogP contribution in [-0.2, 0) is 6.54 Å². The molecule has 0 unspecified atom stereocenters. The summed E-state index contributed by atoms with van der Waals surface area (Å²) in [7, 11) is 0. The molecule has 0 radical (unpaired) electrons. The maximum absolute atomic E-state index is 13.0. The van der Waals surface area contributed by atoms with E-state index in [1.165, 1.54) is 12.1 Å². The van der Waals surface area contributed by atoms with Gasteiger partial charge in [0.2, 0.25) is 0 Å². The molecule has 1 N–H and O–H groups in total. The van der Waals surface area contributed by atoms with Crippen LogP contribution in [-0.4, -0.2) is 0 Å². The van der Waals surface area contributed by atoms with Crippen molar-refractivity contribution in [1.82, 2.24) is 0 Å². The molecule has 4 heteroatoms. The Morgan fingerprint density at radius 3 is 2.84 bits per heavy atom. The van der Waals surface area contributed by atoms with Crippen LogP contribution in [0.3, 0.4) is 0 Å². The Balaban J connectivity index is 1.82. The van der Waals surface area contributed by atoms with Gasteiger partial charge in [-0.25, -0.2) is 4.39 Å². The Bertz CT molecular complexity index is 723. The number of nitrogens with one attached hydrogen (secondary N) is 1. The van der Waals surface area contributed by atoms with Gasteiger partial charge in [-0.2, -0.15) is 0 Å². The van der Waals surface area contributed by atoms with E-state index in [2.05, 4.69) is 21.2 Å². The number of fused-ring (bicyclic) bond motifs is 1. The number of furan rings is 1. The minimum Gasteiger partial charge on any atom is -0.464 e. The van der Waals surface area contributed by atoms with E-state index in [1.54, 1.807) is 12.3 Å². The fourth-order valence-corrected chi connectivity index (χ4v) is 2.48. The molecule has 19 heavy (non-hydrogen) atoms. The zero-order valence-corrected chi connectivity index (χ0v) is 11.6. The van der Waals surface area contributed by atoms with Crippen LogP contribution < -0.4 is 5.32 Å². The molecule has 1 heterocycles. The van der Waals surface area contributed by atoms with E-state index in [0.717, 1.165) is 22.2 Å². The molecule has 3 aromatic rings. The van der Waals surface area contributed by atoms with Gasteiger partial charge in [0.25, 0.3) is 0 Å². The van der Waals surface area contributed by atoms with Gasteiger partial charge >= 0.3 is 0 Å². The molecule has 0 atom stereocenters. The second kappa shape index (κ2) is 5.05. The van der Waals surface area contributed by atoms with Gasteiger partial charge < -0.3 is 9.73 Å². The zero-order chi connectivity index (χ0) is 13.2. The number of hydrogen-bond acceptors (Lipinski definition) is 2. The van der Waals surface area contributed by atoms with Crippen molar-refractivity contribution < 1.29 is 8.81 Å². The second-order valence-electron chi connectivity index (χ2n) is 4.23. The predicted molar refractivity (Wildman–Crippen MR) is 77.6 cm³/mol. The molecule has 0 spiro atoms. The zero-order valence-electron chi connectivity index (χ0n) is 9.99. The molecule has 0 amide bonds. The highest BCUT2D eigenvalue weighted by Gasteiger charge is 2.06. The molecule has 0 fully saturated rings. The van der Waals surface area contributed by atoms with Crippen molar-refractivity contribution in [1.29, 1.82) is 0 Å². The summed E-state index contributed by atoms with van der Waals surface area (Å²) < 4.78 is 19.2. The number of anilines is 1. The SMILES string of the molecule is Fc1ccc(NCc2coc3ccccc23)c(Br)c1. The molecule has 2 nitrogen and oxygen atoms in total. The van der Waals surface area contributed by atoms with Crippen molar-refractivity contribution in [3.05, 3.63) is 64.6 Å². The minimum atomic E-state index is -0.258. The van der Waals surface area contributed by atoms with E-state index in [-0.39, 0.29) is 5.82 Å². The van der Waals surface area contributed by atoms with Crippen molar-refractivity contribution in [2.24, 2.45) is 0 Å². The van der Waals surface area contributed by atoms with Crippen LogP contribution in [0.5, 0.6) is 0 Å². The number of para-hydroxylation sites is 1. The average molecular weight is 320 g/mol. The highest BCUT2D eigenvalue weighted by atomic mass is 79.9. The van der Waals surface area contributed by atoms with Crippen molar-refractivity contribution >= 4 is 32.6 Å². The molecule has 0 aliphatic heterocycles. The normalized spacial score (nSPS) is 10.8. The third-order valence-corrected chi connectivity index (χ3v) is 3.62. The largest absolute Gasteiger partial charge is 0.464 e. The summed E-state index contributed by atoms with van der Waals surface area (Å²) in [5.41, 5.74) is 2.80. The predicted octanol–water partition coefficient (Wildman–Crippen LogP) is 4.95. The Morgan fingerprint density at radius 2 is 2.00 bits per heavy atom. The Hall–Kier alpha value is -1.81. The van der Waals surface area contributed by atoms with Gasteiger partial charge in [0.15, 0.2) is 0 Å². The molecule has 0 aliphatic rings. The van der Waals surface area contributed by atoms with Gasteiger partial charge in [-0.15, -0.1) is 0 Å². The van der Waals surface area contributed by atoms with Crippen LogP contribution in [0.15, 0.2) is 57.6 Å². The first-order chi connectivity index (χ1) is 9.24. The smallest absolute Gasteiger partial charge is 0.134 e. The van der Waals surface area contributed by atoms with E-state index in [1.807, 2.05) is 24.3 Å². The summed E-state index contributed by atoms with van der Waals surface area (Å²) in [6.07, 6.45) is 1.75. The minimum absolute atomic E-state index is 0.258. The fraction of sp³-hybridized carbons (Fsp3) is 0.0667. The molecule has 1 aromatic heterocycles. The number of benzene rings is 2. The molecule has 3 rings (SSSR count). The lowest BCUT2D eigenvalue weighted by Crippen LogP contribution is -1.99. The fourth-order valence-electron chi connectivity index (χ4n) is 1.99. The number of hydrogen-bond donors (Lipinski definition) is 1. The molecule has 96 valence electrons. The van der Waals surface area contributed by atoms with Gasteiger partial charge in [0.1, 0.15) is 11.4 Å². The summed E-state index contributed by atoms with van der Waals surface area (Å²) in [5, 5.41) is 4.35. The van der Waals surface area contributed by atoms with E-state index in [9.17, 15) is 4.39 Å². The van der Waals surface area contributed by atoms with Crippen molar-refractivity contribution in [3.8, 4) is 0 Å². The molecular weight excluding hydrogens is 309 g/mol. The standard InChI is InChI=1S/C15H11BrFNO/c16-13-7-11(17)5-6-14(13)18-8-10-9-19-15-4-2-1-3-12(10)15/h1-7,9,18H,8H2. The van der Waals surface area contributed by atoms with Crippen molar-refractivity contribution in [2.75, 3.05) is 5.32 Å². The van der Waals surface area contributed by atoms with Crippen LogP contribution in [0.1, 0.15) is 5.56 Å². The third kappa shape index (κ3) is 2.49. The van der Waals surface area contributed by atoms with Crippen LogP contribution in [0, 0.1) is 5.82 Å². The van der Waals surface area contributed by atoms with Gasteiger partial charge in [0.05, 0.1) is 6.26 Å². The first-order valence-electron chi connectivity index (χ1n) is 5.88. The van der Waals surface area contributed by atoms with E-state index in [4.69, 9.17) is 4.42 Å². The van der Waals surface area contributed by atoms with Crippen molar-refractivity contribution in [3.63, 3.8) is 0 Å². The Kier molecular flexibility index (Phi) is 3.25. The number of halogens is 2. The third-order valence-electron chi connectivity index (χ3n) is 2.96. The Labute approximate surface area is 118 Å². The van der Waals surface area contributed by atoms with E-state index >= 15 is 0 Å². The van der Waals surface area contributed by atoms with Gasteiger partial charge in [0, 0.05) is 27.7 Å². The lowest BCUT2D eigenvalue weighted by atomic mass is 10.2. The van der Waals surface area contributed by atoms with Crippen LogP contribution in [0.4, 0.5) is 10.1 Å². The molecule has 0 saturated carbocycles. The lowest BCUT2D eigenvalue weighted by Gasteiger charge is -2.07. The maximum atomic E-state index is 13.0. The quantitative estimate of drug-likeness (QED) is 0.739. The maximum Gasteiger partial charge on any atom is 0.134 e. The first-order valence-corrected chi connectivity index (χ1v) is 6.67. The van der Waals surface area contributed by atoms with Gasteiger partial charge in [-0.3, -0.25) is 0 Å². The molecule has 0 aliphatic carbocycles. The highest BCUT2D eigenvalue weighted by Crippen LogP contribution is 2.25. The topological polar surface area (TPSA) is 25.2 Å². The summed E-state index contributed by atoms with van der Waals surface area (Å²) in [4.78, 5) is 0. The van der Waals surface area contributed by atoms with Crippen LogP contribution >= 0.6 is 15.9 Å². The summed E-state index contributed by atoms with van der Waals surface area (Å²) >= 11 is 3.34.